The molecular weight excluding hydrogens is 436 g/mol. The first-order chi connectivity index (χ1) is 14.9. The summed E-state index contributed by atoms with van der Waals surface area (Å²) in [5.74, 6) is 0.108. The van der Waals surface area contributed by atoms with Crippen molar-refractivity contribution in [2.45, 2.75) is 12.6 Å². The number of carbonyl (C=O) groups is 3. The monoisotopic (exact) mass is 455 g/mol. The van der Waals surface area contributed by atoms with Crippen molar-refractivity contribution in [2.75, 3.05) is 19.8 Å². The highest BCUT2D eigenvalue weighted by Crippen LogP contribution is 2.26. The van der Waals surface area contributed by atoms with E-state index in [1.54, 1.807) is 29.8 Å². The Morgan fingerprint density at radius 3 is 2.45 bits per heavy atom. The molecule has 2 aromatic rings. The second kappa shape index (κ2) is 8.64. The van der Waals surface area contributed by atoms with Crippen molar-refractivity contribution in [3.8, 4) is 0 Å². The molecule has 0 saturated carbocycles. The lowest BCUT2D eigenvalue weighted by molar-refractivity contribution is -0.548. The van der Waals surface area contributed by atoms with Crippen LogP contribution in [0.15, 0.2) is 59.6 Å². The van der Waals surface area contributed by atoms with Crippen molar-refractivity contribution < 1.29 is 19.0 Å². The number of imide groups is 1. The van der Waals surface area contributed by atoms with Gasteiger partial charge in [0.05, 0.1) is 5.75 Å². The van der Waals surface area contributed by atoms with E-state index < -0.39 is 12.1 Å². The Balaban J connectivity index is 1.68. The van der Waals surface area contributed by atoms with Crippen molar-refractivity contribution >= 4 is 52.1 Å². The van der Waals surface area contributed by atoms with Crippen LogP contribution in [0.1, 0.15) is 15.9 Å². The van der Waals surface area contributed by atoms with E-state index in [1.807, 2.05) is 36.4 Å². The van der Waals surface area contributed by atoms with Crippen LogP contribution in [-0.2, 0) is 11.3 Å². The summed E-state index contributed by atoms with van der Waals surface area (Å²) < 4.78 is 1.81. The lowest BCUT2D eigenvalue weighted by Crippen LogP contribution is -2.61. The van der Waals surface area contributed by atoms with E-state index in [2.05, 4.69) is 4.99 Å². The second-order valence-corrected chi connectivity index (χ2v) is 8.54. The third kappa shape index (κ3) is 4.00. The molecular formula is C22H20ClN4O3S+. The van der Waals surface area contributed by atoms with Gasteiger partial charge in [-0.15, -0.1) is 0 Å². The number of thioether (sulfide) groups is 1. The normalized spacial score (nSPS) is 18.4. The van der Waals surface area contributed by atoms with Gasteiger partial charge >= 0.3 is 11.2 Å². The van der Waals surface area contributed by atoms with E-state index in [1.165, 1.54) is 23.7 Å². The smallest absolute Gasteiger partial charge is 0.293 e. The van der Waals surface area contributed by atoms with Gasteiger partial charge in [0.1, 0.15) is 6.54 Å². The lowest BCUT2D eigenvalue weighted by Gasteiger charge is -2.30. The minimum absolute atomic E-state index is 0.0428. The summed E-state index contributed by atoms with van der Waals surface area (Å²) in [4.78, 5) is 45.0. The Bertz CT molecular complexity index is 1130. The average Bonchev–Trinajstić information content (AvgIpc) is 3.15. The van der Waals surface area contributed by atoms with Crippen LogP contribution in [0.3, 0.4) is 0 Å². The molecule has 1 unspecified atom stereocenters. The summed E-state index contributed by atoms with van der Waals surface area (Å²) >= 11 is 7.60. The number of rotatable bonds is 5. The Morgan fingerprint density at radius 1 is 1.06 bits per heavy atom. The maximum absolute atomic E-state index is 13.0. The second-order valence-electron chi connectivity index (χ2n) is 7.19. The van der Waals surface area contributed by atoms with Crippen LogP contribution in [0.4, 0.5) is 4.79 Å². The molecule has 2 aliphatic heterocycles. The average molecular weight is 456 g/mol. The highest BCUT2D eigenvalue weighted by molar-refractivity contribution is 8.14. The predicted molar refractivity (Wildman–Crippen MR) is 121 cm³/mol. The first-order valence-corrected chi connectivity index (χ1v) is 11.0. The topological polar surface area (TPSA) is 73.1 Å². The van der Waals surface area contributed by atoms with Gasteiger partial charge in [0.15, 0.2) is 5.78 Å². The van der Waals surface area contributed by atoms with Gasteiger partial charge in [-0.3, -0.25) is 19.4 Å². The number of nitrogens with zero attached hydrogens (tertiary/aromatic N) is 4. The fourth-order valence-electron chi connectivity index (χ4n) is 3.50. The number of hydrogen-bond donors (Lipinski definition) is 0. The Hall–Kier alpha value is -2.97. The summed E-state index contributed by atoms with van der Waals surface area (Å²) in [5, 5.41) is 1.08. The summed E-state index contributed by atoms with van der Waals surface area (Å²) in [6.07, 6.45) is 0. The standard InChI is InChI=1S/C22H20ClN4O3S/c1-25-19-18(20(29)26(2)22(25)30)27(12-15-10-6-7-11-16(15)23)21(24-19)31-13-17(28)14-8-4-3-5-9-14/h3-11,18H,12-13H2,1-2H3/q+1. The molecule has 1 atom stereocenters. The molecule has 2 aliphatic rings. The Kier molecular flexibility index (Phi) is 5.93. The zero-order chi connectivity index (χ0) is 22.1. The number of likely N-dealkylation sites (N-methyl/N-ethyl adjacent to an activating group) is 2. The maximum atomic E-state index is 13.0. The number of benzene rings is 2. The number of urea groups is 1. The third-order valence-corrected chi connectivity index (χ3v) is 6.58. The van der Waals surface area contributed by atoms with E-state index in [0.717, 1.165) is 10.5 Å². The third-order valence-electron chi connectivity index (χ3n) is 5.22. The molecule has 9 heteroatoms. The van der Waals surface area contributed by atoms with Crippen molar-refractivity contribution in [3.63, 3.8) is 0 Å². The van der Waals surface area contributed by atoms with Crippen molar-refractivity contribution in [2.24, 2.45) is 4.99 Å². The van der Waals surface area contributed by atoms with Crippen LogP contribution in [0, 0.1) is 0 Å². The van der Waals surface area contributed by atoms with E-state index in [0.29, 0.717) is 28.1 Å². The fraction of sp³-hybridized carbons (Fsp3) is 0.227. The van der Waals surface area contributed by atoms with Crippen LogP contribution in [-0.4, -0.2) is 69.0 Å². The fourth-order valence-corrected chi connectivity index (χ4v) is 4.61. The number of carbonyl (C=O) groups excluding carboxylic acids is 3. The van der Waals surface area contributed by atoms with Crippen LogP contribution < -0.4 is 0 Å². The van der Waals surface area contributed by atoms with Crippen LogP contribution >= 0.6 is 23.4 Å². The maximum Gasteiger partial charge on any atom is 0.358 e. The molecule has 0 aliphatic carbocycles. The molecule has 0 radical (unpaired) electrons. The molecule has 2 aromatic carbocycles. The molecule has 158 valence electrons. The van der Waals surface area contributed by atoms with Gasteiger partial charge in [-0.2, -0.15) is 0 Å². The van der Waals surface area contributed by atoms with Gasteiger partial charge in [0, 0.05) is 30.2 Å². The Labute approximate surface area is 189 Å². The number of fused-ring (bicyclic) bond motifs is 1. The lowest BCUT2D eigenvalue weighted by atomic mass is 10.1. The van der Waals surface area contributed by atoms with Gasteiger partial charge < -0.3 is 0 Å². The van der Waals surface area contributed by atoms with Crippen molar-refractivity contribution in [1.29, 1.82) is 0 Å². The number of aliphatic imine (C=N–C) groups is 1. The van der Waals surface area contributed by atoms with Crippen molar-refractivity contribution in [3.05, 3.63) is 70.7 Å². The summed E-state index contributed by atoms with van der Waals surface area (Å²) in [5.41, 5.74) is 1.43. The quantitative estimate of drug-likeness (QED) is 0.513. The molecule has 2 heterocycles. The number of Topliss-reactive ketones (excluding diaryl/α,β-unsaturated/α-hetero) is 1. The van der Waals surface area contributed by atoms with Gasteiger partial charge in [-0.25, -0.2) is 9.37 Å². The van der Waals surface area contributed by atoms with Gasteiger partial charge in [0.25, 0.3) is 17.8 Å². The first kappa shape index (κ1) is 21.3. The van der Waals surface area contributed by atoms with E-state index in [9.17, 15) is 14.4 Å². The van der Waals surface area contributed by atoms with Crippen molar-refractivity contribution in [1.82, 2.24) is 9.80 Å². The Morgan fingerprint density at radius 2 is 1.74 bits per heavy atom. The highest BCUT2D eigenvalue weighted by Gasteiger charge is 2.53. The molecule has 31 heavy (non-hydrogen) atoms. The van der Waals surface area contributed by atoms with Gasteiger partial charge in [-0.1, -0.05) is 60.1 Å². The minimum Gasteiger partial charge on any atom is -0.293 e. The van der Waals surface area contributed by atoms with Gasteiger partial charge in [0.2, 0.25) is 0 Å². The largest absolute Gasteiger partial charge is 0.358 e. The number of ketones is 1. The molecule has 0 aromatic heterocycles. The molecule has 0 spiro atoms. The molecule has 3 amide bonds. The molecule has 4 rings (SSSR count). The molecule has 0 bridgehead atoms. The van der Waals surface area contributed by atoms with E-state index in [-0.39, 0.29) is 17.4 Å². The number of hydrogen-bond acceptors (Lipinski definition) is 5. The van der Waals surface area contributed by atoms with Crippen LogP contribution in [0.25, 0.3) is 0 Å². The first-order valence-electron chi connectivity index (χ1n) is 9.60. The zero-order valence-electron chi connectivity index (χ0n) is 17.0. The van der Waals surface area contributed by atoms with E-state index >= 15 is 0 Å². The molecule has 7 nitrogen and oxygen atoms in total. The zero-order valence-corrected chi connectivity index (χ0v) is 18.6. The summed E-state index contributed by atoms with van der Waals surface area (Å²) in [7, 11) is 3.04. The number of amides is 3. The summed E-state index contributed by atoms with van der Waals surface area (Å²) in [6, 6.07) is 15.2. The number of amidine groups is 2. The van der Waals surface area contributed by atoms with Crippen LogP contribution in [0.2, 0.25) is 5.02 Å². The molecule has 1 fully saturated rings. The molecule has 0 N–H and O–H groups in total. The number of halogens is 1. The predicted octanol–water partition coefficient (Wildman–Crippen LogP) is 3.13. The molecule has 1 saturated heterocycles. The minimum atomic E-state index is -0.752. The van der Waals surface area contributed by atoms with E-state index in [4.69, 9.17) is 11.6 Å². The summed E-state index contributed by atoms with van der Waals surface area (Å²) in [6.45, 7) is 0.320. The SMILES string of the molecule is CN1C(=O)C2C(=NC(SCC(=O)c3ccccc3)=[N+]2Cc2ccccc2Cl)N(C)C1=O. The highest BCUT2D eigenvalue weighted by atomic mass is 35.5. The van der Waals surface area contributed by atoms with Gasteiger partial charge in [-0.05, 0) is 22.8 Å². The van der Waals surface area contributed by atoms with Crippen LogP contribution in [0.5, 0.6) is 0 Å².